The number of benzene rings is 1. The van der Waals surface area contributed by atoms with E-state index in [1.165, 1.54) is 12.5 Å². The molecule has 0 spiro atoms. The maximum atomic E-state index is 12.7. The molecule has 6 aromatic rings. The molecule has 5 aromatic heterocycles. The largest absolute Gasteiger partial charge is 0.382 e. The number of carbonyl (C=O) groups is 1. The van der Waals surface area contributed by atoms with Crippen LogP contribution in [0.3, 0.4) is 0 Å². The summed E-state index contributed by atoms with van der Waals surface area (Å²) in [5.41, 5.74) is 11.7. The summed E-state index contributed by atoms with van der Waals surface area (Å²) in [7, 11) is 0. The zero-order valence-electron chi connectivity index (χ0n) is 18.5. The molecule has 0 fully saturated rings. The Bertz CT molecular complexity index is 1750. The molecule has 0 radical (unpaired) electrons. The van der Waals surface area contributed by atoms with E-state index in [-0.39, 0.29) is 5.91 Å². The lowest BCUT2D eigenvalue weighted by Gasteiger charge is -2.07. The zero-order chi connectivity index (χ0) is 24.1. The fraction of sp³-hybridized carbons (Fsp3) is 0.130. The van der Waals surface area contributed by atoms with Crippen LogP contribution < -0.4 is 11.1 Å². The van der Waals surface area contributed by atoms with Crippen molar-refractivity contribution in [2.75, 3.05) is 5.73 Å². The summed E-state index contributed by atoms with van der Waals surface area (Å²) >= 11 is 6.41. The van der Waals surface area contributed by atoms with Gasteiger partial charge >= 0.3 is 0 Å². The second-order valence-corrected chi connectivity index (χ2v) is 8.68. The molecule has 5 heterocycles. The molecule has 1 aromatic carbocycles. The van der Waals surface area contributed by atoms with Crippen molar-refractivity contribution in [2.45, 2.75) is 20.0 Å². The van der Waals surface area contributed by atoms with Gasteiger partial charge in [0.1, 0.15) is 11.8 Å². The number of aromatic amines is 2. The van der Waals surface area contributed by atoms with Gasteiger partial charge < -0.3 is 20.6 Å². The molecule has 6 rings (SSSR count). The predicted molar refractivity (Wildman–Crippen MR) is 132 cm³/mol. The molecule has 0 saturated heterocycles. The number of hydrogen-bond acceptors (Lipinski definition) is 7. The normalized spacial score (nSPS) is 11.6. The molecule has 0 unspecified atom stereocenters. The molecule has 0 bridgehead atoms. The first kappa shape index (κ1) is 21.1. The number of fused-ring (bicyclic) bond motifs is 3. The quantitative estimate of drug-likeness (QED) is 0.291. The van der Waals surface area contributed by atoms with Crippen LogP contribution >= 0.6 is 11.6 Å². The van der Waals surface area contributed by atoms with Crippen molar-refractivity contribution in [1.82, 2.24) is 45.0 Å². The van der Waals surface area contributed by atoms with E-state index in [1.54, 1.807) is 12.4 Å². The van der Waals surface area contributed by atoms with Crippen LogP contribution in [0.15, 0.2) is 43.1 Å². The molecular weight excluding hydrogens is 468 g/mol. The number of aryl methyl sites for hydroxylation is 1. The highest BCUT2D eigenvalue weighted by Crippen LogP contribution is 2.27. The number of hydrogen-bond donors (Lipinski definition) is 4. The minimum atomic E-state index is -0.223. The van der Waals surface area contributed by atoms with Gasteiger partial charge in [-0.25, -0.2) is 19.9 Å². The molecule has 0 saturated carbocycles. The lowest BCUT2D eigenvalue weighted by molar-refractivity contribution is 0.0950. The number of aromatic nitrogens is 8. The average Bonchev–Trinajstić information content (AvgIpc) is 3.55. The van der Waals surface area contributed by atoms with Crippen molar-refractivity contribution < 1.29 is 4.79 Å². The highest BCUT2D eigenvalue weighted by molar-refractivity contribution is 6.31. The number of carbonyl (C=O) groups excluding carboxylic acids is 1. The van der Waals surface area contributed by atoms with Gasteiger partial charge in [-0.1, -0.05) is 11.6 Å². The Hall–Kier alpha value is -4.51. The van der Waals surface area contributed by atoms with E-state index >= 15 is 0 Å². The van der Waals surface area contributed by atoms with Gasteiger partial charge in [-0.2, -0.15) is 5.10 Å². The number of nitrogens with two attached hydrogens (primary N) is 1. The van der Waals surface area contributed by atoms with Gasteiger partial charge in [0.05, 0.1) is 36.2 Å². The number of amides is 1. The van der Waals surface area contributed by atoms with Crippen LogP contribution in [-0.2, 0) is 13.1 Å². The number of anilines is 1. The van der Waals surface area contributed by atoms with Gasteiger partial charge in [-0.3, -0.25) is 9.89 Å². The van der Waals surface area contributed by atoms with E-state index in [1.807, 2.05) is 29.7 Å². The molecule has 5 N–H and O–H groups in total. The van der Waals surface area contributed by atoms with Gasteiger partial charge in [0, 0.05) is 27.7 Å². The van der Waals surface area contributed by atoms with E-state index < -0.39 is 0 Å². The number of H-pyrrole nitrogens is 2. The first-order valence-electron chi connectivity index (χ1n) is 10.8. The van der Waals surface area contributed by atoms with Crippen molar-refractivity contribution >= 4 is 56.4 Å². The van der Waals surface area contributed by atoms with Crippen LogP contribution in [0, 0.1) is 6.92 Å². The number of pyridine rings is 1. The smallest absolute Gasteiger partial charge is 0.253 e. The molecule has 0 aliphatic rings. The molecule has 11 nitrogen and oxygen atoms in total. The first-order valence-corrected chi connectivity index (χ1v) is 11.1. The monoisotopic (exact) mass is 486 g/mol. The van der Waals surface area contributed by atoms with Crippen molar-refractivity contribution in [1.29, 1.82) is 0 Å². The van der Waals surface area contributed by atoms with E-state index in [2.05, 4.69) is 40.4 Å². The summed E-state index contributed by atoms with van der Waals surface area (Å²) in [4.78, 5) is 33.1. The summed E-state index contributed by atoms with van der Waals surface area (Å²) in [5.74, 6) is 0.110. The first-order chi connectivity index (χ1) is 17.0. The molecular formula is C23H19ClN10O. The van der Waals surface area contributed by atoms with Crippen LogP contribution in [-0.4, -0.2) is 45.6 Å². The minimum Gasteiger partial charge on any atom is -0.382 e. The Morgan fingerprint density at radius 1 is 1.17 bits per heavy atom. The summed E-state index contributed by atoms with van der Waals surface area (Å²) in [6.45, 7) is 2.65. The van der Waals surface area contributed by atoms with Crippen LogP contribution in [0.5, 0.6) is 0 Å². The summed E-state index contributed by atoms with van der Waals surface area (Å²) in [6, 6.07) is 7.53. The van der Waals surface area contributed by atoms with Crippen LogP contribution in [0.1, 0.15) is 27.3 Å². The highest BCUT2D eigenvalue weighted by Gasteiger charge is 2.14. The second kappa shape index (κ2) is 8.06. The Labute approximate surface area is 202 Å². The Morgan fingerprint density at radius 3 is 2.94 bits per heavy atom. The molecule has 0 atom stereocenters. The third-order valence-electron chi connectivity index (χ3n) is 5.91. The SMILES string of the molecule is Cc1n[nH]c2ncc(C(=O)NCc3cc4cc(Cl)cc(Cn5cnc6c(N)ncnc65)c4[nH]3)cc12. The number of nitrogens with one attached hydrogen (secondary N) is 3. The maximum Gasteiger partial charge on any atom is 0.253 e. The lowest BCUT2D eigenvalue weighted by atomic mass is 10.1. The molecule has 35 heavy (non-hydrogen) atoms. The summed E-state index contributed by atoms with van der Waals surface area (Å²) in [6.07, 6.45) is 4.63. The van der Waals surface area contributed by atoms with Gasteiger partial charge in [-0.05, 0) is 36.8 Å². The van der Waals surface area contributed by atoms with E-state index in [0.717, 1.165) is 33.2 Å². The van der Waals surface area contributed by atoms with Crippen LogP contribution in [0.2, 0.25) is 5.02 Å². The fourth-order valence-electron chi connectivity index (χ4n) is 4.18. The van der Waals surface area contributed by atoms with Gasteiger partial charge in [0.2, 0.25) is 0 Å². The minimum absolute atomic E-state index is 0.223. The van der Waals surface area contributed by atoms with Crippen LogP contribution in [0.25, 0.3) is 33.1 Å². The average molecular weight is 487 g/mol. The molecule has 174 valence electrons. The maximum absolute atomic E-state index is 12.7. The van der Waals surface area contributed by atoms with E-state index in [4.69, 9.17) is 17.3 Å². The molecule has 0 aliphatic heterocycles. The van der Waals surface area contributed by atoms with Crippen molar-refractivity contribution in [3.05, 3.63) is 70.7 Å². The standard InChI is InChI=1S/C23H19ClN10O/c1-11-17-5-13(6-26-21(17)33-32-11)23(35)27-7-16-4-12-2-15(24)3-14(18(12)31-16)8-34-10-30-19-20(25)28-9-29-22(19)34/h2-6,9-10,31H,7-8H2,1H3,(H,27,35)(H2,25,28,29)(H,26,32,33). The van der Waals surface area contributed by atoms with Gasteiger partial charge in [-0.15, -0.1) is 0 Å². The van der Waals surface area contributed by atoms with Gasteiger partial charge in [0.25, 0.3) is 5.91 Å². The Morgan fingerprint density at radius 2 is 2.06 bits per heavy atom. The summed E-state index contributed by atoms with van der Waals surface area (Å²) < 4.78 is 1.89. The summed E-state index contributed by atoms with van der Waals surface area (Å²) in [5, 5.41) is 12.3. The number of nitrogens with zero attached hydrogens (tertiary/aromatic N) is 6. The topological polar surface area (TPSA) is 156 Å². The van der Waals surface area contributed by atoms with E-state index in [9.17, 15) is 4.79 Å². The number of imidazole rings is 1. The van der Waals surface area contributed by atoms with Crippen molar-refractivity contribution in [3.8, 4) is 0 Å². The molecule has 12 heteroatoms. The fourth-order valence-corrected chi connectivity index (χ4v) is 4.43. The zero-order valence-corrected chi connectivity index (χ0v) is 19.3. The molecule has 1 amide bonds. The second-order valence-electron chi connectivity index (χ2n) is 8.24. The van der Waals surface area contributed by atoms with Crippen LogP contribution in [0.4, 0.5) is 5.82 Å². The highest BCUT2D eigenvalue weighted by atomic mass is 35.5. The Kier molecular flexibility index (Phi) is 4.85. The number of rotatable bonds is 5. The number of halogens is 1. The van der Waals surface area contributed by atoms with Crippen molar-refractivity contribution in [3.63, 3.8) is 0 Å². The third kappa shape index (κ3) is 3.71. The van der Waals surface area contributed by atoms with Gasteiger partial charge in [0.15, 0.2) is 17.1 Å². The predicted octanol–water partition coefficient (Wildman–Crippen LogP) is 3.10. The third-order valence-corrected chi connectivity index (χ3v) is 6.13. The Balaban J connectivity index is 1.26. The molecule has 0 aliphatic carbocycles. The number of nitrogen functional groups attached to an aromatic ring is 1. The van der Waals surface area contributed by atoms with Crippen molar-refractivity contribution in [2.24, 2.45) is 0 Å². The lowest BCUT2D eigenvalue weighted by Crippen LogP contribution is -2.23. The van der Waals surface area contributed by atoms with E-state index in [0.29, 0.717) is 46.3 Å².